The minimum absolute atomic E-state index is 0.162. The first-order valence-electron chi connectivity index (χ1n) is 9.69. The summed E-state index contributed by atoms with van der Waals surface area (Å²) >= 11 is 0. The molecule has 0 unspecified atom stereocenters. The molecule has 0 atom stereocenters. The van der Waals surface area contributed by atoms with Gasteiger partial charge in [-0.2, -0.15) is 0 Å². The molecule has 1 amide bonds. The highest BCUT2D eigenvalue weighted by molar-refractivity contribution is 6.07. The molecule has 0 bridgehead atoms. The van der Waals surface area contributed by atoms with E-state index in [9.17, 15) is 9.59 Å². The van der Waals surface area contributed by atoms with E-state index >= 15 is 0 Å². The lowest BCUT2D eigenvalue weighted by Gasteiger charge is -2.15. The number of amides is 1. The van der Waals surface area contributed by atoms with E-state index < -0.39 is 5.97 Å². The van der Waals surface area contributed by atoms with Crippen molar-refractivity contribution in [3.05, 3.63) is 59.5 Å². The molecule has 8 heteroatoms. The fraction of sp³-hybridized carbons (Fsp3) is 0.273. The van der Waals surface area contributed by atoms with Crippen LogP contribution in [0.3, 0.4) is 0 Å². The maximum Gasteiger partial charge on any atom is 0.342 e. The van der Waals surface area contributed by atoms with Crippen molar-refractivity contribution < 1.29 is 19.1 Å². The number of carbonyl (C=O) groups excluding carboxylic acids is 2. The molecular weight excluding hydrogens is 384 g/mol. The summed E-state index contributed by atoms with van der Waals surface area (Å²) in [6, 6.07) is 8.72. The summed E-state index contributed by atoms with van der Waals surface area (Å²) < 4.78 is 11.0. The molecule has 0 radical (unpaired) electrons. The summed E-state index contributed by atoms with van der Waals surface area (Å²) in [5.74, 6) is -0.135. The molecule has 1 aromatic carbocycles. The number of esters is 1. The highest BCUT2D eigenvalue weighted by atomic mass is 16.5. The number of aryl methyl sites for hydroxylation is 1. The van der Waals surface area contributed by atoms with Crippen LogP contribution < -0.4 is 15.8 Å². The average Bonchev–Trinajstić information content (AvgIpc) is 2.74. The SMILES string of the molecule is CCOC(=O)c1c(C)nc2cccc(OCCCNC(=O)c3ccncc3)c2c1N. The molecule has 8 nitrogen and oxygen atoms in total. The molecule has 0 saturated heterocycles. The number of hydrogen-bond donors (Lipinski definition) is 2. The van der Waals surface area contributed by atoms with Gasteiger partial charge in [-0.15, -0.1) is 0 Å². The first-order chi connectivity index (χ1) is 14.5. The van der Waals surface area contributed by atoms with Crippen LogP contribution in [0.15, 0.2) is 42.7 Å². The predicted molar refractivity (Wildman–Crippen MR) is 114 cm³/mol. The smallest absolute Gasteiger partial charge is 0.342 e. The van der Waals surface area contributed by atoms with Crippen molar-refractivity contribution in [2.45, 2.75) is 20.3 Å². The minimum atomic E-state index is -0.504. The quantitative estimate of drug-likeness (QED) is 0.435. The van der Waals surface area contributed by atoms with Gasteiger partial charge in [0, 0.05) is 24.5 Å². The van der Waals surface area contributed by atoms with Crippen LogP contribution in [-0.4, -0.2) is 41.6 Å². The number of nitrogen functional groups attached to an aromatic ring is 1. The maximum absolute atomic E-state index is 12.3. The second-order valence-corrected chi connectivity index (χ2v) is 6.55. The zero-order chi connectivity index (χ0) is 21.5. The van der Waals surface area contributed by atoms with E-state index in [-0.39, 0.29) is 23.8 Å². The van der Waals surface area contributed by atoms with Crippen LogP contribution in [0.2, 0.25) is 0 Å². The topological polar surface area (TPSA) is 116 Å². The minimum Gasteiger partial charge on any atom is -0.493 e. The molecule has 0 spiro atoms. The normalized spacial score (nSPS) is 10.6. The molecule has 0 aliphatic heterocycles. The van der Waals surface area contributed by atoms with Gasteiger partial charge in [0.1, 0.15) is 11.3 Å². The number of benzene rings is 1. The van der Waals surface area contributed by atoms with E-state index in [0.717, 1.165) is 0 Å². The van der Waals surface area contributed by atoms with Crippen molar-refractivity contribution in [2.75, 3.05) is 25.5 Å². The van der Waals surface area contributed by atoms with E-state index in [4.69, 9.17) is 15.2 Å². The van der Waals surface area contributed by atoms with Gasteiger partial charge >= 0.3 is 5.97 Å². The zero-order valence-electron chi connectivity index (χ0n) is 17.0. The van der Waals surface area contributed by atoms with Gasteiger partial charge in [0.2, 0.25) is 0 Å². The number of rotatable bonds is 8. The molecule has 2 aromatic heterocycles. The third kappa shape index (κ3) is 4.65. The summed E-state index contributed by atoms with van der Waals surface area (Å²) in [6.45, 7) is 4.52. The first kappa shape index (κ1) is 21.0. The van der Waals surface area contributed by atoms with Gasteiger partial charge in [0.15, 0.2) is 0 Å². The summed E-state index contributed by atoms with van der Waals surface area (Å²) in [4.78, 5) is 32.7. The zero-order valence-corrected chi connectivity index (χ0v) is 17.0. The molecule has 156 valence electrons. The number of fused-ring (bicyclic) bond motifs is 1. The van der Waals surface area contributed by atoms with Crippen molar-refractivity contribution in [1.82, 2.24) is 15.3 Å². The molecule has 0 saturated carbocycles. The Kier molecular flexibility index (Phi) is 6.79. The van der Waals surface area contributed by atoms with Gasteiger partial charge in [-0.05, 0) is 44.5 Å². The van der Waals surface area contributed by atoms with Gasteiger partial charge < -0.3 is 20.5 Å². The summed E-state index contributed by atoms with van der Waals surface area (Å²) in [5.41, 5.74) is 8.55. The number of carbonyl (C=O) groups is 2. The number of nitrogens with two attached hydrogens (primary N) is 1. The molecule has 3 aromatic rings. The third-order valence-corrected chi connectivity index (χ3v) is 4.48. The molecular formula is C22H24N4O4. The van der Waals surface area contributed by atoms with Crippen LogP contribution in [0.4, 0.5) is 5.69 Å². The standard InChI is InChI=1S/C22H24N4O4/c1-3-29-22(28)18-14(2)26-16-6-4-7-17(19(16)20(18)23)30-13-5-10-25-21(27)15-8-11-24-12-9-15/h4,6-9,11-12H,3,5,10,13H2,1-2H3,(H2,23,26)(H,25,27). The fourth-order valence-corrected chi connectivity index (χ4v) is 3.08. The second-order valence-electron chi connectivity index (χ2n) is 6.55. The highest BCUT2D eigenvalue weighted by Crippen LogP contribution is 2.33. The number of pyridine rings is 2. The van der Waals surface area contributed by atoms with E-state index in [2.05, 4.69) is 15.3 Å². The predicted octanol–water partition coefficient (Wildman–Crippen LogP) is 2.90. The lowest BCUT2D eigenvalue weighted by atomic mass is 10.1. The van der Waals surface area contributed by atoms with Crippen molar-refractivity contribution in [3.8, 4) is 5.75 Å². The van der Waals surface area contributed by atoms with Crippen LogP contribution in [0.5, 0.6) is 5.75 Å². The number of hydrogen-bond acceptors (Lipinski definition) is 7. The monoisotopic (exact) mass is 408 g/mol. The Hall–Kier alpha value is -3.68. The largest absolute Gasteiger partial charge is 0.493 e. The Labute approximate surface area is 174 Å². The number of aromatic nitrogens is 2. The van der Waals surface area contributed by atoms with Crippen molar-refractivity contribution in [3.63, 3.8) is 0 Å². The van der Waals surface area contributed by atoms with Crippen LogP contribution in [-0.2, 0) is 4.74 Å². The summed E-state index contributed by atoms with van der Waals surface area (Å²) in [6.07, 6.45) is 3.74. The van der Waals surface area contributed by atoms with E-state index in [0.29, 0.717) is 47.5 Å². The molecule has 30 heavy (non-hydrogen) atoms. The van der Waals surface area contributed by atoms with Crippen molar-refractivity contribution in [1.29, 1.82) is 0 Å². The molecule has 3 N–H and O–H groups in total. The van der Waals surface area contributed by atoms with E-state index in [1.54, 1.807) is 44.4 Å². The highest BCUT2D eigenvalue weighted by Gasteiger charge is 2.20. The lowest BCUT2D eigenvalue weighted by Crippen LogP contribution is -2.25. The Morgan fingerprint density at radius 3 is 2.67 bits per heavy atom. The van der Waals surface area contributed by atoms with E-state index in [1.165, 1.54) is 0 Å². The van der Waals surface area contributed by atoms with Crippen LogP contribution in [0.25, 0.3) is 10.9 Å². The number of ether oxygens (including phenoxy) is 2. The number of nitrogens with zero attached hydrogens (tertiary/aromatic N) is 2. The van der Waals surface area contributed by atoms with Gasteiger partial charge in [-0.1, -0.05) is 6.07 Å². The number of nitrogens with one attached hydrogen (secondary N) is 1. The molecule has 0 aliphatic carbocycles. The van der Waals surface area contributed by atoms with Crippen LogP contribution >= 0.6 is 0 Å². The summed E-state index contributed by atoms with van der Waals surface area (Å²) in [7, 11) is 0. The number of anilines is 1. The Bertz CT molecular complexity index is 1050. The first-order valence-corrected chi connectivity index (χ1v) is 9.69. The molecule has 0 aliphatic rings. The van der Waals surface area contributed by atoms with Crippen LogP contribution in [0.1, 0.15) is 39.8 Å². The maximum atomic E-state index is 12.3. The molecule has 0 fully saturated rings. The van der Waals surface area contributed by atoms with Gasteiger partial charge in [-0.25, -0.2) is 4.79 Å². The Morgan fingerprint density at radius 2 is 1.93 bits per heavy atom. The van der Waals surface area contributed by atoms with Gasteiger partial charge in [-0.3, -0.25) is 14.8 Å². The van der Waals surface area contributed by atoms with Crippen molar-refractivity contribution in [2.24, 2.45) is 0 Å². The lowest BCUT2D eigenvalue weighted by molar-refractivity contribution is 0.0526. The van der Waals surface area contributed by atoms with Gasteiger partial charge in [0.05, 0.1) is 35.5 Å². The van der Waals surface area contributed by atoms with Gasteiger partial charge in [0.25, 0.3) is 5.91 Å². The summed E-state index contributed by atoms with van der Waals surface area (Å²) in [5, 5.41) is 3.41. The average molecular weight is 408 g/mol. The molecule has 2 heterocycles. The van der Waals surface area contributed by atoms with E-state index in [1.807, 2.05) is 12.1 Å². The Balaban J connectivity index is 1.68. The second kappa shape index (κ2) is 9.69. The fourth-order valence-electron chi connectivity index (χ4n) is 3.08. The third-order valence-electron chi connectivity index (χ3n) is 4.48. The Morgan fingerprint density at radius 1 is 1.17 bits per heavy atom. The van der Waals surface area contributed by atoms with Crippen molar-refractivity contribution >= 4 is 28.5 Å². The molecule has 3 rings (SSSR count). The van der Waals surface area contributed by atoms with Crippen LogP contribution in [0, 0.1) is 6.92 Å².